The van der Waals surface area contributed by atoms with E-state index in [0.717, 1.165) is 30.5 Å². The summed E-state index contributed by atoms with van der Waals surface area (Å²) in [4.78, 5) is 15.6. The highest BCUT2D eigenvalue weighted by molar-refractivity contribution is 5.78. The van der Waals surface area contributed by atoms with Crippen LogP contribution in [0.4, 0.5) is 5.82 Å². The van der Waals surface area contributed by atoms with Crippen molar-refractivity contribution in [2.45, 2.75) is 39.2 Å². The van der Waals surface area contributed by atoms with Crippen molar-refractivity contribution >= 4 is 11.8 Å². The fraction of sp³-hybridized carbons (Fsp3) is 0.500. The molecule has 1 aromatic heterocycles. The minimum absolute atomic E-state index is 0.0842. The first-order valence-corrected chi connectivity index (χ1v) is 6.45. The van der Waals surface area contributed by atoms with Gasteiger partial charge in [0.15, 0.2) is 0 Å². The highest BCUT2D eigenvalue weighted by Gasteiger charge is 2.24. The van der Waals surface area contributed by atoms with Crippen LogP contribution in [0, 0.1) is 17.2 Å². The summed E-state index contributed by atoms with van der Waals surface area (Å²) in [5, 5.41) is 21.2. The Bertz CT molecular complexity index is 546. The fourth-order valence-corrected chi connectivity index (χ4v) is 2.33. The Kier molecular flexibility index (Phi) is 3.70. The van der Waals surface area contributed by atoms with Crippen molar-refractivity contribution in [1.82, 2.24) is 4.98 Å². The molecule has 5 heteroatoms. The number of nitriles is 1. The zero-order valence-electron chi connectivity index (χ0n) is 11.1. The monoisotopic (exact) mass is 259 g/mol. The molecule has 0 bridgehead atoms. The number of hydrogen-bond acceptors (Lipinski definition) is 4. The van der Waals surface area contributed by atoms with Gasteiger partial charge in [-0.2, -0.15) is 5.26 Å². The summed E-state index contributed by atoms with van der Waals surface area (Å²) in [5.74, 6) is -0.621. The van der Waals surface area contributed by atoms with E-state index in [2.05, 4.69) is 16.4 Å². The molecule has 0 fully saturated rings. The molecule has 0 aliphatic heterocycles. The zero-order chi connectivity index (χ0) is 14.0. The van der Waals surface area contributed by atoms with Crippen LogP contribution in [0.15, 0.2) is 6.07 Å². The third-order valence-corrected chi connectivity index (χ3v) is 3.40. The van der Waals surface area contributed by atoms with Gasteiger partial charge >= 0.3 is 5.97 Å². The van der Waals surface area contributed by atoms with Crippen LogP contribution in [0.3, 0.4) is 0 Å². The number of aryl methyl sites for hydroxylation is 2. The molecule has 1 atom stereocenters. The van der Waals surface area contributed by atoms with Crippen LogP contribution in [0.2, 0.25) is 0 Å². The SMILES string of the molecule is CC(C)C(Nc1nc2c(cc1C#N)CCC2)C(=O)O. The van der Waals surface area contributed by atoms with Crippen molar-refractivity contribution in [3.63, 3.8) is 0 Å². The van der Waals surface area contributed by atoms with Crippen molar-refractivity contribution in [2.75, 3.05) is 5.32 Å². The van der Waals surface area contributed by atoms with Gasteiger partial charge in [-0.25, -0.2) is 9.78 Å². The average molecular weight is 259 g/mol. The van der Waals surface area contributed by atoms with E-state index in [0.29, 0.717) is 11.4 Å². The van der Waals surface area contributed by atoms with Gasteiger partial charge in [-0.1, -0.05) is 13.8 Å². The molecule has 1 aliphatic carbocycles. The van der Waals surface area contributed by atoms with E-state index in [-0.39, 0.29) is 5.92 Å². The lowest BCUT2D eigenvalue weighted by Gasteiger charge is -2.19. The van der Waals surface area contributed by atoms with E-state index < -0.39 is 12.0 Å². The number of fused-ring (bicyclic) bond motifs is 1. The molecule has 100 valence electrons. The highest BCUT2D eigenvalue weighted by Crippen LogP contribution is 2.25. The van der Waals surface area contributed by atoms with E-state index in [1.54, 1.807) is 0 Å². The van der Waals surface area contributed by atoms with Crippen LogP contribution in [0.1, 0.15) is 37.1 Å². The maximum atomic E-state index is 11.2. The third kappa shape index (κ3) is 2.68. The van der Waals surface area contributed by atoms with Gasteiger partial charge in [-0.05, 0) is 36.8 Å². The van der Waals surface area contributed by atoms with Crippen molar-refractivity contribution in [1.29, 1.82) is 5.26 Å². The molecular weight excluding hydrogens is 242 g/mol. The number of nitrogens with one attached hydrogen (secondary N) is 1. The van der Waals surface area contributed by atoms with Gasteiger partial charge in [-0.15, -0.1) is 0 Å². The molecule has 0 amide bonds. The largest absolute Gasteiger partial charge is 0.480 e. The number of rotatable bonds is 4. The van der Waals surface area contributed by atoms with E-state index >= 15 is 0 Å². The molecule has 1 unspecified atom stereocenters. The minimum Gasteiger partial charge on any atom is -0.480 e. The van der Waals surface area contributed by atoms with Crippen molar-refractivity contribution in [2.24, 2.45) is 5.92 Å². The Morgan fingerprint density at radius 1 is 1.53 bits per heavy atom. The van der Waals surface area contributed by atoms with Crippen LogP contribution in [0.25, 0.3) is 0 Å². The predicted octanol–water partition coefficient (Wildman–Crippen LogP) is 1.96. The minimum atomic E-state index is -0.929. The molecule has 1 aromatic rings. The van der Waals surface area contributed by atoms with Crippen LogP contribution >= 0.6 is 0 Å². The van der Waals surface area contributed by atoms with E-state index in [9.17, 15) is 9.90 Å². The van der Waals surface area contributed by atoms with E-state index in [1.165, 1.54) is 0 Å². The number of anilines is 1. The summed E-state index contributed by atoms with van der Waals surface area (Å²) in [5.41, 5.74) is 2.51. The maximum absolute atomic E-state index is 11.2. The standard InChI is InChI=1S/C14H17N3O2/c1-8(2)12(14(18)19)17-13-10(7-15)6-9-4-3-5-11(9)16-13/h6,8,12H,3-5H2,1-2H3,(H,16,17)(H,18,19). The molecule has 19 heavy (non-hydrogen) atoms. The number of pyridine rings is 1. The maximum Gasteiger partial charge on any atom is 0.326 e. The van der Waals surface area contributed by atoms with Gasteiger partial charge in [0.25, 0.3) is 0 Å². The van der Waals surface area contributed by atoms with Gasteiger partial charge < -0.3 is 10.4 Å². The quantitative estimate of drug-likeness (QED) is 0.863. The number of nitrogens with zero attached hydrogens (tertiary/aromatic N) is 2. The summed E-state index contributed by atoms with van der Waals surface area (Å²) in [7, 11) is 0. The Balaban J connectivity index is 2.34. The molecule has 0 saturated carbocycles. The Morgan fingerprint density at radius 3 is 2.84 bits per heavy atom. The molecule has 1 heterocycles. The summed E-state index contributed by atoms with van der Waals surface area (Å²) < 4.78 is 0. The smallest absolute Gasteiger partial charge is 0.326 e. The predicted molar refractivity (Wildman–Crippen MR) is 70.9 cm³/mol. The van der Waals surface area contributed by atoms with Crippen LogP contribution < -0.4 is 5.32 Å². The third-order valence-electron chi connectivity index (χ3n) is 3.40. The molecule has 1 aliphatic rings. The molecule has 2 rings (SSSR count). The summed E-state index contributed by atoms with van der Waals surface area (Å²) in [6.45, 7) is 3.65. The summed E-state index contributed by atoms with van der Waals surface area (Å²) in [6.07, 6.45) is 2.89. The topological polar surface area (TPSA) is 86.0 Å². The van der Waals surface area contributed by atoms with Gasteiger partial charge in [0.1, 0.15) is 17.9 Å². The summed E-state index contributed by atoms with van der Waals surface area (Å²) >= 11 is 0. The van der Waals surface area contributed by atoms with Gasteiger partial charge in [0.05, 0.1) is 5.56 Å². The second-order valence-corrected chi connectivity index (χ2v) is 5.16. The number of carbonyl (C=O) groups is 1. The lowest BCUT2D eigenvalue weighted by Crippen LogP contribution is -2.35. The highest BCUT2D eigenvalue weighted by atomic mass is 16.4. The number of hydrogen-bond donors (Lipinski definition) is 2. The molecule has 0 saturated heterocycles. The van der Waals surface area contributed by atoms with Crippen molar-refractivity contribution < 1.29 is 9.90 Å². The first kappa shape index (κ1) is 13.3. The lowest BCUT2D eigenvalue weighted by atomic mass is 10.0. The molecule has 5 nitrogen and oxygen atoms in total. The Labute approximate surface area is 112 Å². The Morgan fingerprint density at radius 2 is 2.26 bits per heavy atom. The van der Waals surface area contributed by atoms with Crippen LogP contribution in [-0.2, 0) is 17.6 Å². The normalized spacial score (nSPS) is 14.8. The number of aromatic nitrogens is 1. The first-order chi connectivity index (χ1) is 9.02. The Hall–Kier alpha value is -2.09. The second-order valence-electron chi connectivity index (χ2n) is 5.16. The molecule has 0 radical (unpaired) electrons. The number of carboxylic acid groups (broad SMARTS) is 1. The van der Waals surface area contributed by atoms with Crippen LogP contribution in [-0.4, -0.2) is 22.1 Å². The first-order valence-electron chi connectivity index (χ1n) is 6.45. The fourth-order valence-electron chi connectivity index (χ4n) is 2.33. The van der Waals surface area contributed by atoms with E-state index in [4.69, 9.17) is 5.26 Å². The van der Waals surface area contributed by atoms with Crippen molar-refractivity contribution in [3.8, 4) is 6.07 Å². The molecule has 0 spiro atoms. The molecule has 2 N–H and O–H groups in total. The van der Waals surface area contributed by atoms with Crippen molar-refractivity contribution in [3.05, 3.63) is 22.9 Å². The van der Waals surface area contributed by atoms with Gasteiger partial charge in [-0.3, -0.25) is 0 Å². The average Bonchev–Trinajstić information content (AvgIpc) is 2.80. The number of carboxylic acids is 1. The lowest BCUT2D eigenvalue weighted by molar-refractivity contribution is -0.138. The summed E-state index contributed by atoms with van der Waals surface area (Å²) in [6, 6.07) is 3.18. The molecular formula is C14H17N3O2. The number of aliphatic carboxylic acids is 1. The van der Waals surface area contributed by atoms with Gasteiger partial charge in [0, 0.05) is 5.69 Å². The van der Waals surface area contributed by atoms with E-state index in [1.807, 2.05) is 19.9 Å². The van der Waals surface area contributed by atoms with Crippen LogP contribution in [0.5, 0.6) is 0 Å². The second kappa shape index (κ2) is 5.27. The zero-order valence-corrected chi connectivity index (χ0v) is 11.1. The van der Waals surface area contributed by atoms with Gasteiger partial charge in [0.2, 0.25) is 0 Å². The molecule has 0 aromatic carbocycles.